The number of hydrogen-bond acceptors (Lipinski definition) is 7. The van der Waals surface area contributed by atoms with E-state index in [-0.39, 0.29) is 29.9 Å². The number of hydrogen-bond donors (Lipinski definition) is 6. The molecular weight excluding hydrogens is 550 g/mol. The summed E-state index contributed by atoms with van der Waals surface area (Å²) in [5.74, 6) is -2.47. The van der Waals surface area contributed by atoms with Crippen molar-refractivity contribution in [2.24, 2.45) is 11.8 Å². The van der Waals surface area contributed by atoms with Crippen LogP contribution in [0.15, 0.2) is 48.5 Å². The van der Waals surface area contributed by atoms with Gasteiger partial charge in [-0.3, -0.25) is 19.7 Å². The molecule has 4 rings (SSSR count). The van der Waals surface area contributed by atoms with Crippen molar-refractivity contribution in [1.29, 1.82) is 0 Å². The fraction of sp³-hybridized carbons (Fsp3) is 0.438. The Morgan fingerprint density at radius 3 is 2.19 bits per heavy atom. The zero-order valence-corrected chi connectivity index (χ0v) is 25.2. The minimum absolute atomic E-state index is 0.0822. The molecule has 1 aliphatic rings. The average molecular weight is 592 g/mol. The molecule has 1 aromatic heterocycles. The maximum atomic E-state index is 13.5. The Morgan fingerprint density at radius 1 is 0.907 bits per heavy atom. The van der Waals surface area contributed by atoms with Gasteiger partial charge < -0.3 is 30.8 Å². The third kappa shape index (κ3) is 7.53. The Morgan fingerprint density at radius 2 is 1.53 bits per heavy atom. The summed E-state index contributed by atoms with van der Waals surface area (Å²) in [5, 5.41) is 22.3. The summed E-state index contributed by atoms with van der Waals surface area (Å²) in [6, 6.07) is 10.9. The predicted molar refractivity (Wildman–Crippen MR) is 162 cm³/mol. The number of aromatic amines is 1. The molecule has 4 atom stereocenters. The molecule has 3 amide bonds. The lowest BCUT2D eigenvalue weighted by Crippen LogP contribution is -2.60. The summed E-state index contributed by atoms with van der Waals surface area (Å²) in [7, 11) is 1.23. The highest BCUT2D eigenvalue weighted by atomic mass is 16.5. The van der Waals surface area contributed by atoms with Gasteiger partial charge in [0, 0.05) is 29.6 Å². The van der Waals surface area contributed by atoms with E-state index in [1.807, 2.05) is 38.1 Å². The van der Waals surface area contributed by atoms with Crippen molar-refractivity contribution in [1.82, 2.24) is 26.3 Å². The van der Waals surface area contributed by atoms with E-state index in [1.165, 1.54) is 19.2 Å². The van der Waals surface area contributed by atoms with Gasteiger partial charge in [0.2, 0.25) is 17.7 Å². The summed E-state index contributed by atoms with van der Waals surface area (Å²) < 4.78 is 4.90. The first-order valence-electron chi connectivity index (χ1n) is 14.6. The van der Waals surface area contributed by atoms with E-state index in [2.05, 4.69) is 26.3 Å². The molecule has 6 N–H and O–H groups in total. The molecule has 0 aliphatic carbocycles. The molecule has 0 saturated heterocycles. The van der Waals surface area contributed by atoms with Gasteiger partial charge >= 0.3 is 5.97 Å². The van der Waals surface area contributed by atoms with E-state index in [0.29, 0.717) is 18.5 Å². The van der Waals surface area contributed by atoms with Gasteiger partial charge in [-0.1, -0.05) is 58.0 Å². The Kier molecular flexibility index (Phi) is 10.1. The Bertz CT molecular complexity index is 1460. The Balaban J connectivity index is 1.42. The second-order valence-corrected chi connectivity index (χ2v) is 11.7. The zero-order chi connectivity index (χ0) is 31.3. The number of phenolic OH excluding ortho intramolecular Hbond substituents is 1. The SMILES string of the molecule is COC(=O)[C@@H](Cc1ccc(O)cc1)NC(=O)[C@@H](NC(=O)[C@H](NC(=O)[C@@H]1Cc2c([nH]c3ccccc23)CN1)C(C)C)C(C)C. The molecule has 2 aromatic carbocycles. The maximum absolute atomic E-state index is 13.5. The quantitative estimate of drug-likeness (QED) is 0.186. The lowest BCUT2D eigenvalue weighted by atomic mass is 9.96. The minimum Gasteiger partial charge on any atom is -0.508 e. The summed E-state index contributed by atoms with van der Waals surface area (Å²) in [6.45, 7) is 7.72. The van der Waals surface area contributed by atoms with Crippen LogP contribution in [0.4, 0.5) is 0 Å². The topological polar surface area (TPSA) is 162 Å². The standard InChI is InChI=1S/C32H41N5O6/c1-17(2)27(30(40)35-25(32(42)43-5)14-19-10-12-20(38)13-11-19)37-31(41)28(18(3)4)36-29(39)24-15-22-21-8-6-7-9-23(21)34-26(22)16-33-24/h6-13,17-18,24-25,27-28,33-34,38H,14-16H2,1-5H3,(H,35,40)(H,36,39)(H,37,41)/t24-,25+,27-,28+/m0/s1. The average Bonchev–Trinajstić information content (AvgIpc) is 3.36. The van der Waals surface area contributed by atoms with Crippen LogP contribution in [0.2, 0.25) is 0 Å². The summed E-state index contributed by atoms with van der Waals surface area (Å²) in [5.41, 5.74) is 3.86. The lowest BCUT2D eigenvalue weighted by Gasteiger charge is -2.30. The number of amides is 3. The van der Waals surface area contributed by atoms with Crippen molar-refractivity contribution in [3.8, 4) is 5.75 Å². The van der Waals surface area contributed by atoms with Gasteiger partial charge in [-0.15, -0.1) is 0 Å². The smallest absolute Gasteiger partial charge is 0.328 e. The number of carbonyl (C=O) groups is 4. The van der Waals surface area contributed by atoms with Crippen LogP contribution in [0, 0.1) is 11.8 Å². The van der Waals surface area contributed by atoms with E-state index >= 15 is 0 Å². The normalized spacial score (nSPS) is 16.7. The molecule has 0 fully saturated rings. The number of nitrogens with one attached hydrogen (secondary N) is 5. The number of rotatable bonds is 11. The Hall–Kier alpha value is -4.38. The summed E-state index contributed by atoms with van der Waals surface area (Å²) >= 11 is 0. The number of phenols is 1. The van der Waals surface area contributed by atoms with Crippen molar-refractivity contribution in [2.75, 3.05) is 7.11 Å². The van der Waals surface area contributed by atoms with E-state index in [0.717, 1.165) is 22.2 Å². The number of aromatic nitrogens is 1. The van der Waals surface area contributed by atoms with E-state index in [4.69, 9.17) is 4.74 Å². The molecule has 0 radical (unpaired) electrons. The third-order valence-corrected chi connectivity index (χ3v) is 7.82. The number of benzene rings is 2. The highest BCUT2D eigenvalue weighted by Crippen LogP contribution is 2.26. The maximum Gasteiger partial charge on any atom is 0.328 e. The molecule has 43 heavy (non-hydrogen) atoms. The fourth-order valence-corrected chi connectivity index (χ4v) is 5.36. The van der Waals surface area contributed by atoms with Gasteiger partial charge in [0.05, 0.1) is 13.2 Å². The highest BCUT2D eigenvalue weighted by Gasteiger charge is 2.35. The monoisotopic (exact) mass is 591 g/mol. The molecular formula is C32H41N5O6. The number of H-pyrrole nitrogens is 1. The largest absolute Gasteiger partial charge is 0.508 e. The van der Waals surface area contributed by atoms with Crippen molar-refractivity contribution in [2.45, 2.75) is 71.2 Å². The molecule has 11 heteroatoms. The van der Waals surface area contributed by atoms with Crippen molar-refractivity contribution < 1.29 is 29.0 Å². The number of esters is 1. The van der Waals surface area contributed by atoms with Crippen LogP contribution in [0.25, 0.3) is 10.9 Å². The second-order valence-electron chi connectivity index (χ2n) is 11.7. The van der Waals surface area contributed by atoms with Crippen LogP contribution < -0.4 is 21.3 Å². The number of carbonyl (C=O) groups excluding carboxylic acids is 4. The van der Waals surface area contributed by atoms with E-state index in [1.54, 1.807) is 26.0 Å². The first-order chi connectivity index (χ1) is 20.5. The zero-order valence-electron chi connectivity index (χ0n) is 25.2. The van der Waals surface area contributed by atoms with Gasteiger partial charge in [-0.2, -0.15) is 0 Å². The van der Waals surface area contributed by atoms with Crippen LogP contribution in [0.3, 0.4) is 0 Å². The highest BCUT2D eigenvalue weighted by molar-refractivity contribution is 5.95. The van der Waals surface area contributed by atoms with Gasteiger partial charge in [-0.05, 0) is 47.6 Å². The molecule has 230 valence electrons. The number of ether oxygens (including phenoxy) is 1. The van der Waals surface area contributed by atoms with Gasteiger partial charge in [0.25, 0.3) is 0 Å². The molecule has 0 bridgehead atoms. The summed E-state index contributed by atoms with van der Waals surface area (Å²) in [6.07, 6.45) is 0.610. The number of aromatic hydroxyl groups is 1. The molecule has 0 unspecified atom stereocenters. The molecule has 2 heterocycles. The third-order valence-electron chi connectivity index (χ3n) is 7.82. The molecule has 0 spiro atoms. The second kappa shape index (κ2) is 13.7. The lowest BCUT2D eigenvalue weighted by molar-refractivity contribution is -0.145. The van der Waals surface area contributed by atoms with Crippen LogP contribution in [-0.4, -0.2) is 65.1 Å². The van der Waals surface area contributed by atoms with E-state index < -0.39 is 42.0 Å². The van der Waals surface area contributed by atoms with Crippen molar-refractivity contribution in [3.05, 3.63) is 65.4 Å². The van der Waals surface area contributed by atoms with Crippen molar-refractivity contribution >= 4 is 34.6 Å². The fourth-order valence-electron chi connectivity index (χ4n) is 5.36. The number of fused-ring (bicyclic) bond motifs is 3. The Labute approximate surface area is 251 Å². The molecule has 3 aromatic rings. The molecule has 11 nitrogen and oxygen atoms in total. The van der Waals surface area contributed by atoms with Gasteiger partial charge in [0.15, 0.2) is 0 Å². The van der Waals surface area contributed by atoms with Crippen molar-refractivity contribution in [3.63, 3.8) is 0 Å². The van der Waals surface area contributed by atoms with Gasteiger partial charge in [-0.25, -0.2) is 4.79 Å². The molecule has 1 aliphatic heterocycles. The summed E-state index contributed by atoms with van der Waals surface area (Å²) in [4.78, 5) is 56.2. The first-order valence-corrected chi connectivity index (χ1v) is 14.6. The number of para-hydroxylation sites is 1. The molecule has 0 saturated carbocycles. The van der Waals surface area contributed by atoms with E-state index in [9.17, 15) is 24.3 Å². The van der Waals surface area contributed by atoms with Crippen LogP contribution in [0.1, 0.15) is 44.5 Å². The number of methoxy groups -OCH3 is 1. The predicted octanol–water partition coefficient (Wildman–Crippen LogP) is 2.07. The van der Waals surface area contributed by atoms with Crippen LogP contribution in [0.5, 0.6) is 5.75 Å². The first kappa shape index (κ1) is 31.6. The van der Waals surface area contributed by atoms with Crippen LogP contribution in [-0.2, 0) is 43.3 Å². The van der Waals surface area contributed by atoms with Crippen LogP contribution >= 0.6 is 0 Å². The minimum atomic E-state index is -1.01. The van der Waals surface area contributed by atoms with Gasteiger partial charge in [0.1, 0.15) is 23.9 Å².